The number of halogens is 1. The zero-order valence-electron chi connectivity index (χ0n) is 16.1. The summed E-state index contributed by atoms with van der Waals surface area (Å²) in [4.78, 5) is 12.6. The van der Waals surface area contributed by atoms with E-state index in [4.69, 9.17) is 9.47 Å². The lowest BCUT2D eigenvalue weighted by atomic mass is 10.1. The summed E-state index contributed by atoms with van der Waals surface area (Å²) in [6.45, 7) is 4.46. The Balaban J connectivity index is 1.77. The van der Waals surface area contributed by atoms with Crippen molar-refractivity contribution in [3.05, 3.63) is 87.4 Å². The molecule has 3 rings (SSSR count). The second kappa shape index (κ2) is 8.93. The maximum Gasteiger partial charge on any atom is 0.255 e. The van der Waals surface area contributed by atoms with Gasteiger partial charge in [-0.05, 0) is 59.6 Å². The van der Waals surface area contributed by atoms with Gasteiger partial charge in [-0.1, -0.05) is 47.5 Å². The number of hydrogen-bond acceptors (Lipinski definition) is 3. The minimum Gasteiger partial charge on any atom is -0.493 e. The van der Waals surface area contributed by atoms with Gasteiger partial charge >= 0.3 is 0 Å². The molecule has 144 valence electrons. The monoisotopic (exact) mass is 439 g/mol. The molecule has 4 nitrogen and oxygen atoms in total. The maximum atomic E-state index is 12.6. The number of benzene rings is 3. The van der Waals surface area contributed by atoms with E-state index in [0.717, 1.165) is 16.8 Å². The van der Waals surface area contributed by atoms with Gasteiger partial charge in [0.05, 0.1) is 11.6 Å². The van der Waals surface area contributed by atoms with Gasteiger partial charge in [0, 0.05) is 11.3 Å². The van der Waals surface area contributed by atoms with Crippen molar-refractivity contribution in [1.82, 2.24) is 0 Å². The molecule has 0 heterocycles. The molecule has 0 saturated carbocycles. The van der Waals surface area contributed by atoms with Crippen molar-refractivity contribution in [2.45, 2.75) is 20.5 Å². The topological polar surface area (TPSA) is 47.6 Å². The van der Waals surface area contributed by atoms with E-state index in [1.54, 1.807) is 19.2 Å². The van der Waals surface area contributed by atoms with E-state index < -0.39 is 0 Å². The van der Waals surface area contributed by atoms with Crippen LogP contribution in [0.2, 0.25) is 0 Å². The number of carbonyl (C=O) groups is 1. The first-order chi connectivity index (χ1) is 13.5. The normalized spacial score (nSPS) is 10.4. The van der Waals surface area contributed by atoms with E-state index in [2.05, 4.69) is 21.2 Å². The Labute approximate surface area is 173 Å². The minimum absolute atomic E-state index is 0.215. The van der Waals surface area contributed by atoms with Gasteiger partial charge < -0.3 is 14.8 Å². The number of nitrogens with one attached hydrogen (secondary N) is 1. The van der Waals surface area contributed by atoms with E-state index in [0.29, 0.717) is 28.1 Å². The van der Waals surface area contributed by atoms with Crippen molar-refractivity contribution in [2.75, 3.05) is 12.4 Å². The molecule has 28 heavy (non-hydrogen) atoms. The van der Waals surface area contributed by atoms with E-state index >= 15 is 0 Å². The van der Waals surface area contributed by atoms with Gasteiger partial charge in [-0.15, -0.1) is 0 Å². The van der Waals surface area contributed by atoms with Crippen LogP contribution in [0.3, 0.4) is 0 Å². The summed E-state index contributed by atoms with van der Waals surface area (Å²) in [5.41, 5.74) is 4.61. The minimum atomic E-state index is -0.215. The molecule has 1 amide bonds. The number of ether oxygens (including phenoxy) is 2. The first kappa shape index (κ1) is 20.0. The van der Waals surface area contributed by atoms with Crippen molar-refractivity contribution >= 4 is 27.5 Å². The Hall–Kier alpha value is -2.79. The van der Waals surface area contributed by atoms with Gasteiger partial charge in [0.1, 0.15) is 6.61 Å². The molecule has 0 fully saturated rings. The van der Waals surface area contributed by atoms with Crippen molar-refractivity contribution in [3.63, 3.8) is 0 Å². The fraction of sp³-hybridized carbons (Fsp3) is 0.174. The van der Waals surface area contributed by atoms with E-state index in [-0.39, 0.29) is 5.91 Å². The lowest BCUT2D eigenvalue weighted by Gasteiger charge is -2.15. The highest BCUT2D eigenvalue weighted by Crippen LogP contribution is 2.37. The van der Waals surface area contributed by atoms with Crippen LogP contribution in [-0.2, 0) is 6.61 Å². The first-order valence-corrected chi connectivity index (χ1v) is 9.69. The van der Waals surface area contributed by atoms with Crippen LogP contribution in [0.1, 0.15) is 27.0 Å². The van der Waals surface area contributed by atoms with E-state index in [1.165, 1.54) is 5.56 Å². The van der Waals surface area contributed by atoms with Gasteiger partial charge in [0.15, 0.2) is 11.5 Å². The number of anilines is 1. The molecular formula is C23H22BrNO3. The van der Waals surface area contributed by atoms with Crippen molar-refractivity contribution in [1.29, 1.82) is 0 Å². The maximum absolute atomic E-state index is 12.6. The summed E-state index contributed by atoms with van der Waals surface area (Å²) in [5.74, 6) is 0.846. The number of amides is 1. The third-order valence-electron chi connectivity index (χ3n) is 4.30. The fourth-order valence-electron chi connectivity index (χ4n) is 2.67. The summed E-state index contributed by atoms with van der Waals surface area (Å²) >= 11 is 3.50. The molecule has 0 unspecified atom stereocenters. The molecule has 3 aromatic rings. The largest absolute Gasteiger partial charge is 0.493 e. The van der Waals surface area contributed by atoms with Gasteiger partial charge in [0.25, 0.3) is 5.91 Å². The van der Waals surface area contributed by atoms with Crippen molar-refractivity contribution in [2.24, 2.45) is 0 Å². The quantitative estimate of drug-likeness (QED) is 0.519. The molecule has 5 heteroatoms. The Morgan fingerprint density at radius 1 is 0.964 bits per heavy atom. The lowest BCUT2D eigenvalue weighted by molar-refractivity contribution is 0.102. The molecule has 0 spiro atoms. The molecule has 0 radical (unpaired) electrons. The SMILES string of the molecule is COc1cc(C(=O)Nc2ccc(C)cc2)cc(Br)c1OCc1ccc(C)cc1. The zero-order chi connectivity index (χ0) is 20.1. The molecule has 0 aliphatic carbocycles. The number of methoxy groups -OCH3 is 1. The van der Waals surface area contributed by atoms with E-state index in [9.17, 15) is 4.79 Å². The predicted octanol–water partition coefficient (Wildman–Crippen LogP) is 5.91. The van der Waals surface area contributed by atoms with E-state index in [1.807, 2.05) is 62.4 Å². The molecule has 1 N–H and O–H groups in total. The molecule has 0 bridgehead atoms. The lowest BCUT2D eigenvalue weighted by Crippen LogP contribution is -2.12. The van der Waals surface area contributed by atoms with Crippen LogP contribution in [0, 0.1) is 13.8 Å². The fourth-order valence-corrected chi connectivity index (χ4v) is 3.23. The van der Waals surface area contributed by atoms with Crippen LogP contribution in [0.4, 0.5) is 5.69 Å². The third kappa shape index (κ3) is 4.93. The Morgan fingerprint density at radius 3 is 2.18 bits per heavy atom. The van der Waals surface area contributed by atoms with Gasteiger partial charge in [-0.3, -0.25) is 4.79 Å². The highest BCUT2D eigenvalue weighted by molar-refractivity contribution is 9.10. The molecular weight excluding hydrogens is 418 g/mol. The molecule has 3 aromatic carbocycles. The van der Waals surface area contributed by atoms with Crippen LogP contribution in [0.15, 0.2) is 65.1 Å². The van der Waals surface area contributed by atoms with Crippen LogP contribution in [0.5, 0.6) is 11.5 Å². The summed E-state index contributed by atoms with van der Waals surface area (Å²) in [5, 5.41) is 2.89. The number of rotatable bonds is 6. The molecule has 0 saturated heterocycles. The van der Waals surface area contributed by atoms with Crippen LogP contribution >= 0.6 is 15.9 Å². The van der Waals surface area contributed by atoms with Crippen LogP contribution in [-0.4, -0.2) is 13.0 Å². The Morgan fingerprint density at radius 2 is 1.57 bits per heavy atom. The summed E-state index contributed by atoms with van der Waals surface area (Å²) in [7, 11) is 1.56. The molecule has 0 atom stereocenters. The third-order valence-corrected chi connectivity index (χ3v) is 4.89. The molecule has 0 aromatic heterocycles. The van der Waals surface area contributed by atoms with Crippen LogP contribution in [0.25, 0.3) is 0 Å². The first-order valence-electron chi connectivity index (χ1n) is 8.90. The molecule has 0 aliphatic heterocycles. The summed E-state index contributed by atoms with van der Waals surface area (Å²) in [6.07, 6.45) is 0. The van der Waals surface area contributed by atoms with Crippen molar-refractivity contribution < 1.29 is 14.3 Å². The van der Waals surface area contributed by atoms with Crippen LogP contribution < -0.4 is 14.8 Å². The number of hydrogen-bond donors (Lipinski definition) is 1. The smallest absolute Gasteiger partial charge is 0.255 e. The second-order valence-electron chi connectivity index (χ2n) is 6.58. The Bertz CT molecular complexity index is 966. The highest BCUT2D eigenvalue weighted by atomic mass is 79.9. The zero-order valence-corrected chi connectivity index (χ0v) is 17.7. The predicted molar refractivity (Wildman–Crippen MR) is 115 cm³/mol. The highest BCUT2D eigenvalue weighted by Gasteiger charge is 2.16. The van der Waals surface area contributed by atoms with Crippen molar-refractivity contribution in [3.8, 4) is 11.5 Å². The Kier molecular flexibility index (Phi) is 6.37. The molecule has 0 aliphatic rings. The number of aryl methyl sites for hydroxylation is 2. The van der Waals surface area contributed by atoms with Gasteiger partial charge in [-0.25, -0.2) is 0 Å². The summed E-state index contributed by atoms with van der Waals surface area (Å²) in [6, 6.07) is 19.2. The average Bonchev–Trinajstić information content (AvgIpc) is 2.69. The van der Waals surface area contributed by atoms with Gasteiger partial charge in [-0.2, -0.15) is 0 Å². The average molecular weight is 440 g/mol. The standard InChI is InChI=1S/C23H22BrNO3/c1-15-4-8-17(9-5-15)14-28-22-20(24)12-18(13-21(22)27-3)23(26)25-19-10-6-16(2)7-11-19/h4-13H,14H2,1-3H3,(H,25,26). The van der Waals surface area contributed by atoms with Gasteiger partial charge in [0.2, 0.25) is 0 Å². The number of carbonyl (C=O) groups excluding carboxylic acids is 1. The summed E-state index contributed by atoms with van der Waals surface area (Å²) < 4.78 is 12.1. The second-order valence-corrected chi connectivity index (χ2v) is 7.44.